The lowest BCUT2D eigenvalue weighted by Crippen LogP contribution is -2.17. The molecule has 0 aliphatic rings. The van der Waals surface area contributed by atoms with Gasteiger partial charge in [-0.25, -0.2) is 0 Å². The van der Waals surface area contributed by atoms with E-state index in [2.05, 4.69) is 0 Å². The molecule has 0 aliphatic heterocycles. The van der Waals surface area contributed by atoms with Crippen LogP contribution in [0.2, 0.25) is 0 Å². The van der Waals surface area contributed by atoms with E-state index in [-0.39, 0.29) is 0 Å². The first kappa shape index (κ1) is 11.6. The third-order valence-electron chi connectivity index (χ3n) is 2.76. The lowest BCUT2D eigenvalue weighted by atomic mass is 9.95. The van der Waals surface area contributed by atoms with Gasteiger partial charge in [0.2, 0.25) is 0 Å². The van der Waals surface area contributed by atoms with Crippen LogP contribution in [0.5, 0.6) is 0 Å². The zero-order valence-electron chi connectivity index (χ0n) is 9.88. The zero-order valence-corrected chi connectivity index (χ0v) is 9.88. The van der Waals surface area contributed by atoms with Gasteiger partial charge in [0.25, 0.3) is 0 Å². The Labute approximate surface area is 102 Å². The Morgan fingerprint density at radius 2 is 1.41 bits per heavy atom. The van der Waals surface area contributed by atoms with Crippen LogP contribution < -0.4 is 0 Å². The summed E-state index contributed by atoms with van der Waals surface area (Å²) in [6.45, 7) is 1.79. The van der Waals surface area contributed by atoms with Crippen LogP contribution in [-0.4, -0.2) is 5.11 Å². The molecule has 1 nitrogen and oxygen atoms in total. The van der Waals surface area contributed by atoms with E-state index in [1.807, 2.05) is 72.8 Å². The van der Waals surface area contributed by atoms with Crippen LogP contribution in [0.1, 0.15) is 18.1 Å². The molecule has 0 heterocycles. The molecule has 1 heteroatoms. The Morgan fingerprint density at radius 1 is 0.882 bits per heavy atom. The second-order valence-electron chi connectivity index (χ2n) is 4.26. The smallest absolute Gasteiger partial charge is 0.105 e. The van der Waals surface area contributed by atoms with Gasteiger partial charge in [0.05, 0.1) is 0 Å². The van der Waals surface area contributed by atoms with Crippen LogP contribution >= 0.6 is 0 Å². The van der Waals surface area contributed by atoms with Crippen molar-refractivity contribution in [1.29, 1.82) is 0 Å². The van der Waals surface area contributed by atoms with Crippen LogP contribution in [0.3, 0.4) is 0 Å². The molecule has 0 saturated heterocycles. The summed E-state index contributed by atoms with van der Waals surface area (Å²) in [5.41, 5.74) is 1.05. The molecule has 1 atom stereocenters. The maximum atomic E-state index is 10.4. The minimum atomic E-state index is -0.933. The van der Waals surface area contributed by atoms with Gasteiger partial charge in [-0.2, -0.15) is 0 Å². The lowest BCUT2D eigenvalue weighted by Gasteiger charge is -2.19. The van der Waals surface area contributed by atoms with E-state index in [0.717, 1.165) is 11.1 Å². The van der Waals surface area contributed by atoms with Crippen molar-refractivity contribution in [2.24, 2.45) is 0 Å². The van der Waals surface area contributed by atoms with Crippen molar-refractivity contribution in [3.8, 4) is 0 Å². The van der Waals surface area contributed by atoms with Gasteiger partial charge in [0, 0.05) is 0 Å². The molecular formula is C16H16O. The Balaban J connectivity index is 2.21. The monoisotopic (exact) mass is 224 g/mol. The predicted octanol–water partition coefficient (Wildman–Crippen LogP) is 3.61. The Bertz CT molecular complexity index is 483. The minimum Gasteiger partial charge on any atom is -0.381 e. The maximum absolute atomic E-state index is 10.4. The molecule has 0 saturated carbocycles. The first-order valence-electron chi connectivity index (χ1n) is 5.71. The molecule has 17 heavy (non-hydrogen) atoms. The zero-order chi connectivity index (χ0) is 12.1. The molecule has 1 N–H and O–H groups in total. The third kappa shape index (κ3) is 3.05. The molecule has 2 aromatic rings. The molecule has 2 rings (SSSR count). The highest BCUT2D eigenvalue weighted by atomic mass is 16.3. The molecule has 0 radical (unpaired) electrons. The van der Waals surface area contributed by atoms with E-state index in [4.69, 9.17) is 0 Å². The quantitative estimate of drug-likeness (QED) is 0.844. The van der Waals surface area contributed by atoms with Gasteiger partial charge in [-0.3, -0.25) is 0 Å². The molecule has 0 aromatic heterocycles. The van der Waals surface area contributed by atoms with E-state index < -0.39 is 5.60 Å². The average Bonchev–Trinajstić information content (AvgIpc) is 2.39. The van der Waals surface area contributed by atoms with Gasteiger partial charge in [0.15, 0.2) is 0 Å². The van der Waals surface area contributed by atoms with Crippen molar-refractivity contribution in [3.63, 3.8) is 0 Å². The minimum absolute atomic E-state index is 0.896. The summed E-state index contributed by atoms with van der Waals surface area (Å²) < 4.78 is 0. The van der Waals surface area contributed by atoms with Crippen molar-refractivity contribution >= 4 is 6.08 Å². The maximum Gasteiger partial charge on any atom is 0.105 e. The van der Waals surface area contributed by atoms with Gasteiger partial charge in [-0.15, -0.1) is 0 Å². The van der Waals surface area contributed by atoms with Crippen LogP contribution in [-0.2, 0) is 5.60 Å². The topological polar surface area (TPSA) is 20.2 Å². The molecule has 0 bridgehead atoms. The number of aliphatic hydroxyl groups is 1. The number of hydrogen-bond acceptors (Lipinski definition) is 1. The fraction of sp³-hybridized carbons (Fsp3) is 0.125. The summed E-state index contributed by atoms with van der Waals surface area (Å²) >= 11 is 0. The highest BCUT2D eigenvalue weighted by Crippen LogP contribution is 2.22. The second kappa shape index (κ2) is 4.98. The van der Waals surface area contributed by atoms with Crippen LogP contribution in [0, 0.1) is 0 Å². The van der Waals surface area contributed by atoms with E-state index in [1.54, 1.807) is 6.92 Å². The molecular weight excluding hydrogens is 208 g/mol. The average molecular weight is 224 g/mol. The summed E-state index contributed by atoms with van der Waals surface area (Å²) in [5.74, 6) is 0. The van der Waals surface area contributed by atoms with Gasteiger partial charge in [-0.05, 0) is 24.1 Å². The second-order valence-corrected chi connectivity index (χ2v) is 4.26. The van der Waals surface area contributed by atoms with Crippen LogP contribution in [0.25, 0.3) is 6.08 Å². The largest absolute Gasteiger partial charge is 0.381 e. The van der Waals surface area contributed by atoms with E-state index in [1.165, 1.54) is 0 Å². The predicted molar refractivity (Wildman–Crippen MR) is 71.5 cm³/mol. The Kier molecular flexibility index (Phi) is 3.40. The number of benzene rings is 2. The highest BCUT2D eigenvalue weighted by molar-refractivity contribution is 5.51. The van der Waals surface area contributed by atoms with Crippen LogP contribution in [0.4, 0.5) is 0 Å². The Hall–Kier alpha value is -1.86. The molecule has 86 valence electrons. The summed E-state index contributed by atoms with van der Waals surface area (Å²) in [6.07, 6.45) is 3.75. The van der Waals surface area contributed by atoms with Crippen molar-refractivity contribution in [3.05, 3.63) is 77.9 Å². The number of rotatable bonds is 3. The molecule has 0 amide bonds. The molecule has 0 spiro atoms. The molecule has 2 aromatic carbocycles. The highest BCUT2D eigenvalue weighted by Gasteiger charge is 2.18. The summed E-state index contributed by atoms with van der Waals surface area (Å²) in [4.78, 5) is 0. The Morgan fingerprint density at radius 3 is 2.00 bits per heavy atom. The first-order chi connectivity index (χ1) is 8.18. The summed E-state index contributed by atoms with van der Waals surface area (Å²) in [7, 11) is 0. The van der Waals surface area contributed by atoms with Gasteiger partial charge in [0.1, 0.15) is 5.60 Å². The lowest BCUT2D eigenvalue weighted by molar-refractivity contribution is 0.112. The van der Waals surface area contributed by atoms with Gasteiger partial charge in [-0.1, -0.05) is 66.7 Å². The van der Waals surface area contributed by atoms with Gasteiger partial charge >= 0.3 is 0 Å². The molecule has 0 aliphatic carbocycles. The third-order valence-corrected chi connectivity index (χ3v) is 2.76. The van der Waals surface area contributed by atoms with Gasteiger partial charge < -0.3 is 5.11 Å². The fourth-order valence-corrected chi connectivity index (χ4v) is 1.69. The fourth-order valence-electron chi connectivity index (χ4n) is 1.69. The SMILES string of the molecule is CC(O)(/C=C\c1ccccc1)c1ccccc1. The standard InChI is InChI=1S/C16H16O/c1-16(17,15-10-6-3-7-11-15)13-12-14-8-4-2-5-9-14/h2-13,17H,1H3/b13-12-. The first-order valence-corrected chi connectivity index (χ1v) is 5.71. The normalized spacial score (nSPS) is 14.7. The van der Waals surface area contributed by atoms with Crippen molar-refractivity contribution in [2.75, 3.05) is 0 Å². The molecule has 0 fully saturated rings. The van der Waals surface area contributed by atoms with E-state index in [9.17, 15) is 5.11 Å². The molecule has 1 unspecified atom stereocenters. The van der Waals surface area contributed by atoms with E-state index in [0.29, 0.717) is 0 Å². The van der Waals surface area contributed by atoms with E-state index >= 15 is 0 Å². The number of hydrogen-bond donors (Lipinski definition) is 1. The van der Waals surface area contributed by atoms with Crippen molar-refractivity contribution < 1.29 is 5.11 Å². The summed E-state index contributed by atoms with van der Waals surface area (Å²) in [6, 6.07) is 19.6. The summed E-state index contributed by atoms with van der Waals surface area (Å²) in [5, 5.41) is 10.4. The van der Waals surface area contributed by atoms with Crippen molar-refractivity contribution in [2.45, 2.75) is 12.5 Å². The van der Waals surface area contributed by atoms with Crippen molar-refractivity contribution in [1.82, 2.24) is 0 Å². The van der Waals surface area contributed by atoms with Crippen LogP contribution in [0.15, 0.2) is 66.7 Å².